The van der Waals surface area contributed by atoms with E-state index in [1.807, 2.05) is 6.08 Å². The van der Waals surface area contributed by atoms with Crippen LogP contribution in [0.25, 0.3) is 0 Å². The summed E-state index contributed by atoms with van der Waals surface area (Å²) in [5.74, 6) is 2.45. The lowest BCUT2D eigenvalue weighted by molar-refractivity contribution is -0.117. The van der Waals surface area contributed by atoms with Crippen LogP contribution in [-0.4, -0.2) is 18.5 Å². The van der Waals surface area contributed by atoms with Crippen LogP contribution in [0.1, 0.15) is 51.9 Å². The molecule has 1 unspecified atom stereocenters. The van der Waals surface area contributed by atoms with Crippen molar-refractivity contribution in [3.05, 3.63) is 23.7 Å². The number of rotatable bonds is 0. The largest absolute Gasteiger partial charge is 0.494 e. The van der Waals surface area contributed by atoms with Gasteiger partial charge in [0.1, 0.15) is 11.5 Å². The van der Waals surface area contributed by atoms with Crippen molar-refractivity contribution in [3.63, 3.8) is 0 Å². The highest BCUT2D eigenvalue weighted by molar-refractivity contribution is 5.80. The molecule has 0 N–H and O–H groups in total. The Bertz CT molecular complexity index is 347. The molecule has 100 valence electrons. The molecule has 1 saturated carbocycles. The number of allylic oxidation sites excluding steroid dienone is 3. The standard InChI is InChI=1S/C10H14O2.C5H8O/c1-8-6-7-11-9-4-2-3-5-10(9)12-8;6-5-3-1-2-4-5/h3,5,8H,2,4,6-7H2,1H3;1-4H2. The van der Waals surface area contributed by atoms with Crippen LogP contribution in [0.3, 0.4) is 0 Å². The number of ketones is 1. The summed E-state index contributed by atoms with van der Waals surface area (Å²) in [5, 5.41) is 0. The van der Waals surface area contributed by atoms with Crippen molar-refractivity contribution in [2.45, 2.75) is 58.0 Å². The summed E-state index contributed by atoms with van der Waals surface area (Å²) >= 11 is 0. The van der Waals surface area contributed by atoms with Crippen molar-refractivity contribution in [2.24, 2.45) is 0 Å². The number of hydrogen-bond acceptors (Lipinski definition) is 3. The molecule has 1 fully saturated rings. The lowest BCUT2D eigenvalue weighted by Crippen LogP contribution is -2.06. The smallest absolute Gasteiger partial charge is 0.156 e. The molecular formula is C15H22O3. The first-order valence-corrected chi connectivity index (χ1v) is 6.96. The van der Waals surface area contributed by atoms with Crippen LogP contribution in [-0.2, 0) is 14.3 Å². The number of carbonyl (C=O) groups excluding carboxylic acids is 1. The molecule has 3 rings (SSSR count). The van der Waals surface area contributed by atoms with Crippen molar-refractivity contribution < 1.29 is 14.3 Å². The van der Waals surface area contributed by atoms with Gasteiger partial charge in [0.2, 0.25) is 0 Å². The van der Waals surface area contributed by atoms with Gasteiger partial charge in [-0.05, 0) is 32.3 Å². The van der Waals surface area contributed by atoms with Crippen molar-refractivity contribution in [2.75, 3.05) is 6.61 Å². The van der Waals surface area contributed by atoms with Gasteiger partial charge in [0, 0.05) is 25.7 Å². The second-order valence-electron chi connectivity index (χ2n) is 5.04. The van der Waals surface area contributed by atoms with Gasteiger partial charge in [-0.1, -0.05) is 6.08 Å². The molecular weight excluding hydrogens is 228 g/mol. The molecule has 0 amide bonds. The molecule has 1 aliphatic heterocycles. The first-order valence-electron chi connectivity index (χ1n) is 6.96. The van der Waals surface area contributed by atoms with Crippen LogP contribution >= 0.6 is 0 Å². The normalized spacial score (nSPS) is 26.5. The molecule has 0 aromatic carbocycles. The van der Waals surface area contributed by atoms with Gasteiger partial charge in [0.15, 0.2) is 5.76 Å². The number of Topliss-reactive ketones (excluding diaryl/α,β-unsaturated/α-hetero) is 1. The minimum Gasteiger partial charge on any atom is -0.494 e. The Hall–Kier alpha value is -1.25. The zero-order chi connectivity index (χ0) is 12.8. The fourth-order valence-electron chi connectivity index (χ4n) is 2.26. The molecule has 0 spiro atoms. The van der Waals surface area contributed by atoms with E-state index in [1.54, 1.807) is 0 Å². The van der Waals surface area contributed by atoms with Gasteiger partial charge >= 0.3 is 0 Å². The summed E-state index contributed by atoms with van der Waals surface area (Å²) in [6.07, 6.45) is 11.5. The minimum absolute atomic E-state index is 0.292. The van der Waals surface area contributed by atoms with Gasteiger partial charge in [0.05, 0.1) is 12.7 Å². The predicted molar refractivity (Wildman–Crippen MR) is 70.0 cm³/mol. The Labute approximate surface area is 109 Å². The topological polar surface area (TPSA) is 35.5 Å². The highest BCUT2D eigenvalue weighted by Gasteiger charge is 2.17. The van der Waals surface area contributed by atoms with E-state index >= 15 is 0 Å². The van der Waals surface area contributed by atoms with Gasteiger partial charge in [-0.2, -0.15) is 0 Å². The van der Waals surface area contributed by atoms with E-state index < -0.39 is 0 Å². The number of ether oxygens (including phenoxy) is 2. The molecule has 3 nitrogen and oxygen atoms in total. The van der Waals surface area contributed by atoms with Gasteiger partial charge in [-0.25, -0.2) is 0 Å². The molecule has 18 heavy (non-hydrogen) atoms. The molecule has 1 atom stereocenters. The zero-order valence-electron chi connectivity index (χ0n) is 11.1. The molecule has 1 heterocycles. The van der Waals surface area contributed by atoms with E-state index in [0.29, 0.717) is 11.9 Å². The monoisotopic (exact) mass is 250 g/mol. The summed E-state index contributed by atoms with van der Waals surface area (Å²) in [4.78, 5) is 10.2. The van der Waals surface area contributed by atoms with E-state index in [9.17, 15) is 4.79 Å². The molecule has 2 aliphatic carbocycles. The maximum atomic E-state index is 10.2. The lowest BCUT2D eigenvalue weighted by atomic mass is 10.1. The van der Waals surface area contributed by atoms with E-state index in [4.69, 9.17) is 9.47 Å². The van der Waals surface area contributed by atoms with Crippen molar-refractivity contribution >= 4 is 5.78 Å². The van der Waals surface area contributed by atoms with Crippen LogP contribution in [0.5, 0.6) is 0 Å². The van der Waals surface area contributed by atoms with E-state index in [0.717, 1.165) is 63.1 Å². The third kappa shape index (κ3) is 3.90. The summed E-state index contributed by atoms with van der Waals surface area (Å²) < 4.78 is 11.3. The predicted octanol–water partition coefficient (Wildman–Crippen LogP) is 3.50. The molecule has 3 heteroatoms. The highest BCUT2D eigenvalue weighted by Crippen LogP contribution is 2.25. The van der Waals surface area contributed by atoms with Crippen molar-refractivity contribution in [1.29, 1.82) is 0 Å². The fourth-order valence-corrected chi connectivity index (χ4v) is 2.26. The fraction of sp³-hybridized carbons (Fsp3) is 0.667. The molecule has 0 aromatic heterocycles. The highest BCUT2D eigenvalue weighted by atomic mass is 16.5. The summed E-state index contributed by atoms with van der Waals surface area (Å²) in [7, 11) is 0. The first-order chi connectivity index (χ1) is 8.75. The van der Waals surface area contributed by atoms with Gasteiger partial charge in [-0.15, -0.1) is 0 Å². The van der Waals surface area contributed by atoms with Crippen LogP contribution < -0.4 is 0 Å². The van der Waals surface area contributed by atoms with Crippen LogP contribution in [0.4, 0.5) is 0 Å². The average molecular weight is 250 g/mol. The Morgan fingerprint density at radius 1 is 1.22 bits per heavy atom. The number of carbonyl (C=O) groups is 1. The zero-order valence-corrected chi connectivity index (χ0v) is 11.1. The van der Waals surface area contributed by atoms with Gasteiger partial charge in [-0.3, -0.25) is 4.79 Å². The first kappa shape index (κ1) is 13.2. The summed E-state index contributed by atoms with van der Waals surface area (Å²) in [6, 6.07) is 0. The third-order valence-corrected chi connectivity index (χ3v) is 3.37. The van der Waals surface area contributed by atoms with Crippen LogP contribution in [0, 0.1) is 0 Å². The average Bonchev–Trinajstić information content (AvgIpc) is 2.75. The Balaban J connectivity index is 0.000000169. The Kier molecular flexibility index (Phi) is 4.85. The maximum Gasteiger partial charge on any atom is 0.156 e. The molecule has 0 radical (unpaired) electrons. The molecule has 3 aliphatic rings. The van der Waals surface area contributed by atoms with Crippen LogP contribution in [0.2, 0.25) is 0 Å². The lowest BCUT2D eigenvalue weighted by Gasteiger charge is -2.14. The number of hydrogen-bond donors (Lipinski definition) is 0. The second-order valence-corrected chi connectivity index (χ2v) is 5.04. The third-order valence-electron chi connectivity index (χ3n) is 3.37. The quantitative estimate of drug-likeness (QED) is 0.660. The van der Waals surface area contributed by atoms with E-state index in [1.165, 1.54) is 0 Å². The molecule has 0 bridgehead atoms. The van der Waals surface area contributed by atoms with Crippen molar-refractivity contribution in [1.82, 2.24) is 0 Å². The minimum atomic E-state index is 0.292. The maximum absolute atomic E-state index is 10.2. The van der Waals surface area contributed by atoms with Gasteiger partial charge < -0.3 is 9.47 Å². The SMILES string of the molecule is CC1CCOC2=C(C=CCC2)O1.O=C1CCCC1. The Morgan fingerprint density at radius 2 is 2.00 bits per heavy atom. The van der Waals surface area contributed by atoms with E-state index in [-0.39, 0.29) is 0 Å². The van der Waals surface area contributed by atoms with Crippen LogP contribution in [0.15, 0.2) is 23.7 Å². The Morgan fingerprint density at radius 3 is 2.67 bits per heavy atom. The van der Waals surface area contributed by atoms with Gasteiger partial charge in [0.25, 0.3) is 0 Å². The summed E-state index contributed by atoms with van der Waals surface area (Å²) in [5.41, 5.74) is 0. The molecule has 0 saturated heterocycles. The summed E-state index contributed by atoms with van der Waals surface area (Å²) in [6.45, 7) is 2.88. The van der Waals surface area contributed by atoms with Crippen molar-refractivity contribution in [3.8, 4) is 0 Å². The molecule has 0 aromatic rings. The second kappa shape index (κ2) is 6.62. The van der Waals surface area contributed by atoms with E-state index in [2.05, 4.69) is 13.0 Å².